The van der Waals surface area contributed by atoms with Crippen molar-refractivity contribution in [3.8, 4) is 39.9 Å². The van der Waals surface area contributed by atoms with Crippen LogP contribution in [-0.4, -0.2) is 47.0 Å². The molecular formula is C40H30N8ORu+3. The molecule has 0 unspecified atom stereocenters. The third-order valence-electron chi connectivity index (χ3n) is 7.62. The number of hydrogen-bond donors (Lipinski definition) is 1. The first-order valence-electron chi connectivity index (χ1n) is 15.6. The van der Waals surface area contributed by atoms with Crippen LogP contribution in [0.3, 0.4) is 0 Å². The molecule has 7 aromatic heterocycles. The van der Waals surface area contributed by atoms with Crippen LogP contribution in [-0.2, 0) is 19.5 Å². The molecule has 0 aliphatic carbocycles. The zero-order valence-corrected chi connectivity index (χ0v) is 28.6. The van der Waals surface area contributed by atoms with E-state index in [4.69, 9.17) is 9.72 Å². The molecule has 1 radical (unpaired) electrons. The number of nitrogens with one attached hydrogen (secondary N) is 1. The van der Waals surface area contributed by atoms with Crippen molar-refractivity contribution in [3.63, 3.8) is 0 Å². The average Bonchev–Trinajstić information content (AvgIpc) is 3.66. The van der Waals surface area contributed by atoms with Gasteiger partial charge in [0.05, 0.1) is 52.0 Å². The van der Waals surface area contributed by atoms with Gasteiger partial charge in [-0.15, -0.1) is 0 Å². The van der Waals surface area contributed by atoms with E-state index >= 15 is 0 Å². The molecule has 9 aromatic rings. The van der Waals surface area contributed by atoms with Crippen LogP contribution in [0.2, 0.25) is 0 Å². The van der Waals surface area contributed by atoms with Crippen LogP contribution < -0.4 is 4.74 Å². The monoisotopic (exact) mass is 740 g/mol. The van der Waals surface area contributed by atoms with Gasteiger partial charge >= 0.3 is 19.5 Å². The van der Waals surface area contributed by atoms with Crippen molar-refractivity contribution in [2.24, 2.45) is 0 Å². The van der Waals surface area contributed by atoms with Crippen LogP contribution in [0.25, 0.3) is 67.0 Å². The van der Waals surface area contributed by atoms with Gasteiger partial charge in [-0.25, -0.2) is 4.98 Å². The standard InChI is InChI=1S/C20H14N4O.2C10H8N2.Ru/c1-25-13-8-6-12(7-9-13)20-23-18-14-4-2-10-21-16(14)17-15(19(18)24-20)5-3-11-22-17;2*1-3-7-11-9(5-1)10-6-2-4-8-12-10;/h2-11H,1H3,(H,23,24);2*1-8H;/q;;;+3. The fraction of sp³-hybridized carbons (Fsp3) is 0.0250. The molecule has 9 nitrogen and oxygen atoms in total. The minimum atomic E-state index is 0. The summed E-state index contributed by atoms with van der Waals surface area (Å²) in [4.78, 5) is 34.1. The van der Waals surface area contributed by atoms with E-state index in [2.05, 4.69) is 41.0 Å². The minimum Gasteiger partial charge on any atom is -0.497 e. The summed E-state index contributed by atoms with van der Waals surface area (Å²) in [5.41, 5.74) is 8.32. The fourth-order valence-electron chi connectivity index (χ4n) is 5.29. The molecule has 9 rings (SSSR count). The summed E-state index contributed by atoms with van der Waals surface area (Å²) < 4.78 is 5.23. The third-order valence-corrected chi connectivity index (χ3v) is 7.62. The molecule has 10 heteroatoms. The molecule has 0 bridgehead atoms. The molecule has 1 N–H and O–H groups in total. The Morgan fingerprint density at radius 1 is 0.440 bits per heavy atom. The number of fused-ring (bicyclic) bond motifs is 6. The largest absolute Gasteiger partial charge is 3.00 e. The zero-order chi connectivity index (χ0) is 33.3. The van der Waals surface area contributed by atoms with Crippen molar-refractivity contribution in [1.82, 2.24) is 39.9 Å². The summed E-state index contributed by atoms with van der Waals surface area (Å²) in [5.74, 6) is 1.64. The van der Waals surface area contributed by atoms with E-state index < -0.39 is 0 Å². The average molecular weight is 740 g/mol. The maximum atomic E-state index is 5.23. The van der Waals surface area contributed by atoms with Crippen LogP contribution in [0, 0.1) is 0 Å². The Labute approximate surface area is 301 Å². The molecule has 0 aliphatic heterocycles. The normalized spacial score (nSPS) is 10.3. The topological polar surface area (TPSA) is 115 Å². The van der Waals surface area contributed by atoms with Crippen LogP contribution in [0.4, 0.5) is 0 Å². The second-order valence-corrected chi connectivity index (χ2v) is 10.7. The maximum absolute atomic E-state index is 5.23. The number of H-pyrrole nitrogens is 1. The van der Waals surface area contributed by atoms with Gasteiger partial charge in [0.1, 0.15) is 11.6 Å². The predicted octanol–water partition coefficient (Wildman–Crippen LogP) is 8.62. The van der Waals surface area contributed by atoms with Gasteiger partial charge < -0.3 is 9.72 Å². The third kappa shape index (κ3) is 7.56. The van der Waals surface area contributed by atoms with Crippen LogP contribution in [0.15, 0.2) is 159 Å². The van der Waals surface area contributed by atoms with Gasteiger partial charge in [0, 0.05) is 53.5 Å². The Morgan fingerprint density at radius 2 is 0.880 bits per heavy atom. The molecule has 50 heavy (non-hydrogen) atoms. The number of rotatable bonds is 4. The molecule has 7 heterocycles. The SMILES string of the molecule is COc1ccc(-c2nc3c4cccnc4c4ncccc4c3[nH]2)cc1.[Ru+3].c1ccc(-c2ccccn2)nc1.c1ccc(-c2ccccn2)nc1. The molecule has 0 saturated heterocycles. The van der Waals surface area contributed by atoms with E-state index in [-0.39, 0.29) is 19.5 Å². The molecule has 0 fully saturated rings. The second-order valence-electron chi connectivity index (χ2n) is 10.7. The number of imidazole rings is 1. The molecule has 0 amide bonds. The Hall–Kier alpha value is -6.25. The molecule has 0 aliphatic rings. The molecule has 0 spiro atoms. The van der Waals surface area contributed by atoms with Crippen molar-refractivity contribution in [2.75, 3.05) is 7.11 Å². The van der Waals surface area contributed by atoms with Crippen molar-refractivity contribution >= 4 is 32.8 Å². The predicted molar refractivity (Wildman–Crippen MR) is 194 cm³/mol. The fourth-order valence-corrected chi connectivity index (χ4v) is 5.29. The minimum absolute atomic E-state index is 0. The summed E-state index contributed by atoms with van der Waals surface area (Å²) in [7, 11) is 1.66. The van der Waals surface area contributed by atoms with E-state index in [0.717, 1.165) is 72.8 Å². The van der Waals surface area contributed by atoms with Gasteiger partial charge in [0.15, 0.2) is 0 Å². The molecule has 241 valence electrons. The van der Waals surface area contributed by atoms with Gasteiger partial charge in [0.2, 0.25) is 0 Å². The molecule has 0 atom stereocenters. The van der Waals surface area contributed by atoms with Crippen LogP contribution in [0.1, 0.15) is 0 Å². The van der Waals surface area contributed by atoms with E-state index in [9.17, 15) is 0 Å². The van der Waals surface area contributed by atoms with Gasteiger partial charge in [-0.2, -0.15) is 0 Å². The Balaban J connectivity index is 0.000000145. The first-order valence-corrected chi connectivity index (χ1v) is 15.6. The first-order chi connectivity index (χ1) is 24.3. The Morgan fingerprint density at radius 3 is 1.32 bits per heavy atom. The van der Waals surface area contributed by atoms with Crippen molar-refractivity contribution < 1.29 is 24.2 Å². The Kier molecular flexibility index (Phi) is 10.9. The quantitative estimate of drug-likeness (QED) is 0.141. The number of hydrogen-bond acceptors (Lipinski definition) is 8. The number of ether oxygens (including phenoxy) is 1. The van der Waals surface area contributed by atoms with Gasteiger partial charge in [-0.3, -0.25) is 29.9 Å². The van der Waals surface area contributed by atoms with Gasteiger partial charge in [-0.1, -0.05) is 24.3 Å². The zero-order valence-electron chi connectivity index (χ0n) is 26.9. The van der Waals surface area contributed by atoms with E-state index in [0.29, 0.717) is 0 Å². The molecular weight excluding hydrogens is 710 g/mol. The van der Waals surface area contributed by atoms with Gasteiger partial charge in [0.25, 0.3) is 0 Å². The Bertz CT molecular complexity index is 2190. The molecule has 2 aromatic carbocycles. The van der Waals surface area contributed by atoms with Crippen molar-refractivity contribution in [3.05, 3.63) is 159 Å². The smallest absolute Gasteiger partial charge is 0.497 e. The first kappa shape index (κ1) is 33.6. The number of benzene rings is 2. The van der Waals surface area contributed by atoms with Crippen LogP contribution >= 0.6 is 0 Å². The van der Waals surface area contributed by atoms with E-state index in [1.165, 1.54) is 0 Å². The number of aromatic nitrogens is 8. The van der Waals surface area contributed by atoms with Crippen molar-refractivity contribution in [1.29, 1.82) is 0 Å². The second kappa shape index (κ2) is 16.2. The number of pyridine rings is 6. The summed E-state index contributed by atoms with van der Waals surface area (Å²) in [6.45, 7) is 0. The number of methoxy groups -OCH3 is 1. The molecule has 0 saturated carbocycles. The summed E-state index contributed by atoms with van der Waals surface area (Å²) in [5, 5.41) is 2.02. The van der Waals surface area contributed by atoms with Gasteiger partial charge in [-0.05, 0) is 97.1 Å². The summed E-state index contributed by atoms with van der Waals surface area (Å²) in [6, 6.07) is 39.0. The van der Waals surface area contributed by atoms with E-state index in [1.54, 1.807) is 44.3 Å². The maximum Gasteiger partial charge on any atom is 3.00 e. The number of nitrogens with zero attached hydrogens (tertiary/aromatic N) is 7. The van der Waals surface area contributed by atoms with E-state index in [1.807, 2.05) is 115 Å². The van der Waals surface area contributed by atoms with Crippen molar-refractivity contribution in [2.45, 2.75) is 0 Å². The summed E-state index contributed by atoms with van der Waals surface area (Å²) >= 11 is 0. The summed E-state index contributed by atoms with van der Waals surface area (Å²) in [6.07, 6.45) is 10.7. The number of aromatic amines is 1. The van der Waals surface area contributed by atoms with Crippen LogP contribution in [0.5, 0.6) is 5.75 Å².